The maximum absolute atomic E-state index is 11.8. The highest BCUT2D eigenvalue weighted by atomic mass is 16.4. The fourth-order valence-electron chi connectivity index (χ4n) is 1.86. The average Bonchev–Trinajstić information content (AvgIpc) is 2.40. The fourth-order valence-corrected chi connectivity index (χ4v) is 1.86. The number of nitrogens with one attached hydrogen (secondary N) is 1. The molecule has 0 unspecified atom stereocenters. The van der Waals surface area contributed by atoms with Crippen molar-refractivity contribution in [2.24, 2.45) is 0 Å². The van der Waals surface area contributed by atoms with Crippen molar-refractivity contribution in [3.8, 4) is 5.75 Å². The number of rotatable bonds is 8. The highest BCUT2D eigenvalue weighted by Gasteiger charge is 2.06. The number of carboxylic acid groups (broad SMARTS) is 1. The zero-order valence-corrected chi connectivity index (χ0v) is 11.7. The number of carbonyl (C=O) groups excluding carboxylic acids is 1. The topological polar surface area (TPSA) is 86.6 Å². The van der Waals surface area contributed by atoms with E-state index in [1.54, 1.807) is 19.1 Å². The number of aryl methyl sites for hydroxylation is 1. The van der Waals surface area contributed by atoms with Crippen molar-refractivity contribution >= 4 is 11.9 Å². The number of amides is 1. The lowest BCUT2D eigenvalue weighted by atomic mass is 10.1. The summed E-state index contributed by atoms with van der Waals surface area (Å²) in [5, 5.41) is 20.7. The van der Waals surface area contributed by atoms with Crippen LogP contribution in [0.2, 0.25) is 0 Å². The summed E-state index contributed by atoms with van der Waals surface area (Å²) in [5.74, 6) is -0.736. The molecular formula is C15H21NO4. The van der Waals surface area contributed by atoms with Crippen LogP contribution in [0.25, 0.3) is 0 Å². The van der Waals surface area contributed by atoms with Gasteiger partial charge in [0.15, 0.2) is 0 Å². The van der Waals surface area contributed by atoms with Crippen LogP contribution in [0, 0.1) is 6.92 Å². The van der Waals surface area contributed by atoms with E-state index in [1.165, 1.54) is 6.07 Å². The number of aromatic hydroxyl groups is 1. The Bertz CT molecular complexity index is 471. The molecule has 0 aliphatic carbocycles. The number of aliphatic carboxylic acids is 1. The SMILES string of the molecule is Cc1cc(C(=O)NCCCCCCC(=O)O)ccc1O. The third-order valence-electron chi connectivity index (χ3n) is 3.06. The number of hydrogen-bond acceptors (Lipinski definition) is 3. The van der Waals surface area contributed by atoms with Gasteiger partial charge in [-0.05, 0) is 43.5 Å². The smallest absolute Gasteiger partial charge is 0.303 e. The zero-order chi connectivity index (χ0) is 15.0. The van der Waals surface area contributed by atoms with Crippen LogP contribution in [-0.4, -0.2) is 28.6 Å². The predicted molar refractivity (Wildman–Crippen MR) is 75.9 cm³/mol. The standard InChI is InChI=1S/C15H21NO4/c1-11-10-12(7-8-13(11)17)15(20)16-9-5-3-2-4-6-14(18)19/h7-8,10,17H,2-6,9H2,1H3,(H,16,20)(H,18,19). The van der Waals surface area contributed by atoms with Gasteiger partial charge in [0.1, 0.15) is 5.75 Å². The minimum atomic E-state index is -0.763. The van der Waals surface area contributed by atoms with Crippen LogP contribution < -0.4 is 5.32 Å². The molecule has 0 fully saturated rings. The summed E-state index contributed by atoms with van der Waals surface area (Å²) in [5.41, 5.74) is 1.21. The van der Waals surface area contributed by atoms with Crippen molar-refractivity contribution in [2.75, 3.05) is 6.54 Å². The third kappa shape index (κ3) is 5.73. The molecule has 0 bridgehead atoms. The lowest BCUT2D eigenvalue weighted by Crippen LogP contribution is -2.24. The number of benzene rings is 1. The van der Waals surface area contributed by atoms with Gasteiger partial charge in [-0.25, -0.2) is 0 Å². The highest BCUT2D eigenvalue weighted by Crippen LogP contribution is 2.16. The van der Waals surface area contributed by atoms with Crippen LogP contribution in [0.15, 0.2) is 18.2 Å². The van der Waals surface area contributed by atoms with Crippen LogP contribution in [0.1, 0.15) is 48.0 Å². The van der Waals surface area contributed by atoms with Gasteiger partial charge in [-0.2, -0.15) is 0 Å². The quantitative estimate of drug-likeness (QED) is 0.638. The van der Waals surface area contributed by atoms with Crippen molar-refractivity contribution in [2.45, 2.75) is 39.0 Å². The molecule has 0 atom stereocenters. The lowest BCUT2D eigenvalue weighted by Gasteiger charge is -2.06. The number of phenols is 1. The molecule has 0 aromatic heterocycles. The molecule has 3 N–H and O–H groups in total. The van der Waals surface area contributed by atoms with Gasteiger partial charge in [0.25, 0.3) is 5.91 Å². The van der Waals surface area contributed by atoms with Crippen LogP contribution in [-0.2, 0) is 4.79 Å². The van der Waals surface area contributed by atoms with Gasteiger partial charge in [-0.15, -0.1) is 0 Å². The monoisotopic (exact) mass is 279 g/mol. The first-order valence-corrected chi connectivity index (χ1v) is 6.80. The van der Waals surface area contributed by atoms with Gasteiger partial charge < -0.3 is 15.5 Å². The second kappa shape index (κ2) is 8.19. The normalized spacial score (nSPS) is 10.2. The summed E-state index contributed by atoms with van der Waals surface area (Å²) in [6, 6.07) is 4.75. The zero-order valence-electron chi connectivity index (χ0n) is 11.7. The first kappa shape index (κ1) is 16.0. The Kier molecular flexibility index (Phi) is 6.56. The second-order valence-corrected chi connectivity index (χ2v) is 4.82. The maximum atomic E-state index is 11.8. The van der Waals surface area contributed by atoms with Gasteiger partial charge in [-0.1, -0.05) is 12.8 Å². The molecule has 0 saturated carbocycles. The van der Waals surface area contributed by atoms with Crippen LogP contribution in [0.3, 0.4) is 0 Å². The van der Waals surface area contributed by atoms with Crippen molar-refractivity contribution in [3.63, 3.8) is 0 Å². The summed E-state index contributed by atoms with van der Waals surface area (Å²) >= 11 is 0. The maximum Gasteiger partial charge on any atom is 0.303 e. The molecule has 110 valence electrons. The first-order valence-electron chi connectivity index (χ1n) is 6.80. The summed E-state index contributed by atoms with van der Waals surface area (Å²) in [6.45, 7) is 2.32. The van der Waals surface area contributed by atoms with E-state index >= 15 is 0 Å². The van der Waals surface area contributed by atoms with Gasteiger partial charge >= 0.3 is 5.97 Å². The minimum absolute atomic E-state index is 0.154. The highest BCUT2D eigenvalue weighted by molar-refractivity contribution is 5.94. The van der Waals surface area contributed by atoms with Crippen LogP contribution in [0.4, 0.5) is 0 Å². The summed E-state index contributed by atoms with van der Waals surface area (Å²) in [6.07, 6.45) is 3.49. The molecule has 1 amide bonds. The Labute approximate surface area is 118 Å². The van der Waals surface area contributed by atoms with Crippen molar-refractivity contribution in [1.29, 1.82) is 0 Å². The van der Waals surface area contributed by atoms with Gasteiger partial charge in [-0.3, -0.25) is 9.59 Å². The third-order valence-corrected chi connectivity index (χ3v) is 3.06. The Morgan fingerprint density at radius 3 is 2.50 bits per heavy atom. The molecule has 1 aromatic carbocycles. The number of phenolic OH excluding ortho intramolecular Hbond substituents is 1. The largest absolute Gasteiger partial charge is 0.508 e. The summed E-state index contributed by atoms with van der Waals surface area (Å²) < 4.78 is 0. The molecule has 1 rings (SSSR count). The Morgan fingerprint density at radius 2 is 1.85 bits per heavy atom. The molecule has 5 nitrogen and oxygen atoms in total. The molecule has 1 aromatic rings. The Balaban J connectivity index is 2.20. The van der Waals surface area contributed by atoms with Gasteiger partial charge in [0.05, 0.1) is 0 Å². The van der Waals surface area contributed by atoms with E-state index < -0.39 is 5.97 Å². The van der Waals surface area contributed by atoms with E-state index in [-0.39, 0.29) is 18.1 Å². The summed E-state index contributed by atoms with van der Waals surface area (Å²) in [4.78, 5) is 22.1. The fraction of sp³-hybridized carbons (Fsp3) is 0.467. The van der Waals surface area contributed by atoms with Crippen LogP contribution in [0.5, 0.6) is 5.75 Å². The lowest BCUT2D eigenvalue weighted by molar-refractivity contribution is -0.137. The van der Waals surface area contributed by atoms with E-state index in [4.69, 9.17) is 5.11 Å². The molecule has 0 radical (unpaired) electrons. The van der Waals surface area contributed by atoms with Gasteiger partial charge in [0.2, 0.25) is 0 Å². The van der Waals surface area contributed by atoms with E-state index in [9.17, 15) is 14.7 Å². The van der Waals surface area contributed by atoms with E-state index in [0.717, 1.165) is 19.3 Å². The second-order valence-electron chi connectivity index (χ2n) is 4.82. The number of carboxylic acids is 1. The molecule has 20 heavy (non-hydrogen) atoms. The molecule has 0 spiro atoms. The molecular weight excluding hydrogens is 258 g/mol. The number of hydrogen-bond donors (Lipinski definition) is 3. The van der Waals surface area contributed by atoms with E-state index in [2.05, 4.69) is 5.32 Å². The van der Waals surface area contributed by atoms with Crippen molar-refractivity contribution in [3.05, 3.63) is 29.3 Å². The van der Waals surface area contributed by atoms with Crippen LogP contribution >= 0.6 is 0 Å². The number of unbranched alkanes of at least 4 members (excludes halogenated alkanes) is 3. The van der Waals surface area contributed by atoms with E-state index in [0.29, 0.717) is 24.1 Å². The average molecular weight is 279 g/mol. The number of carbonyl (C=O) groups is 2. The summed E-state index contributed by atoms with van der Waals surface area (Å²) in [7, 11) is 0. The van der Waals surface area contributed by atoms with Gasteiger partial charge in [0, 0.05) is 18.5 Å². The molecule has 0 heterocycles. The molecule has 0 saturated heterocycles. The molecule has 0 aliphatic heterocycles. The molecule has 0 aliphatic rings. The molecule has 5 heteroatoms. The van der Waals surface area contributed by atoms with Crippen molar-refractivity contribution in [1.82, 2.24) is 5.32 Å². The van der Waals surface area contributed by atoms with Crippen molar-refractivity contribution < 1.29 is 19.8 Å². The van der Waals surface area contributed by atoms with E-state index in [1.807, 2.05) is 0 Å². The minimum Gasteiger partial charge on any atom is -0.508 e. The Hall–Kier alpha value is -2.04. The predicted octanol–water partition coefficient (Wildman–Crippen LogP) is 2.47. The first-order chi connectivity index (χ1) is 9.50. The Morgan fingerprint density at radius 1 is 1.15 bits per heavy atom.